The van der Waals surface area contributed by atoms with Crippen molar-refractivity contribution in [2.45, 2.75) is 6.92 Å². The first-order chi connectivity index (χ1) is 13.1. The van der Waals surface area contributed by atoms with Crippen LogP contribution in [0.5, 0.6) is 11.5 Å². The second kappa shape index (κ2) is 8.51. The highest BCUT2D eigenvalue weighted by molar-refractivity contribution is 6.32. The number of fused-ring (bicyclic) bond motifs is 1. The lowest BCUT2D eigenvalue weighted by Crippen LogP contribution is -2.24. The zero-order valence-corrected chi connectivity index (χ0v) is 15.7. The van der Waals surface area contributed by atoms with E-state index >= 15 is 0 Å². The third-order valence-corrected chi connectivity index (χ3v) is 4.08. The van der Waals surface area contributed by atoms with Gasteiger partial charge in [0.15, 0.2) is 18.1 Å². The molecule has 3 rings (SSSR count). The summed E-state index contributed by atoms with van der Waals surface area (Å²) in [6, 6.07) is 14.9. The molecule has 3 aromatic rings. The molecule has 0 spiro atoms. The molecule has 0 bridgehead atoms. The van der Waals surface area contributed by atoms with E-state index in [1.165, 1.54) is 13.3 Å². The number of hydrazone groups is 1. The number of pyridine rings is 1. The Morgan fingerprint density at radius 1 is 1.22 bits per heavy atom. The molecule has 0 saturated carbocycles. The number of carbonyl (C=O) groups is 1. The molecule has 0 saturated heterocycles. The summed E-state index contributed by atoms with van der Waals surface area (Å²) in [6.07, 6.45) is 1.45. The van der Waals surface area contributed by atoms with Gasteiger partial charge < -0.3 is 9.47 Å². The Morgan fingerprint density at radius 3 is 2.78 bits per heavy atom. The SMILES string of the molecule is COc1ccccc1OCC(=O)N/N=C\c1cc2ccc(C)cc2nc1Cl. The molecule has 0 radical (unpaired) electrons. The number of hydrogen-bond donors (Lipinski definition) is 1. The lowest BCUT2D eigenvalue weighted by molar-refractivity contribution is -0.123. The van der Waals surface area contributed by atoms with Gasteiger partial charge in [-0.15, -0.1) is 0 Å². The van der Waals surface area contributed by atoms with Crippen molar-refractivity contribution in [3.8, 4) is 11.5 Å². The minimum Gasteiger partial charge on any atom is -0.493 e. The Hall–Kier alpha value is -3.12. The van der Waals surface area contributed by atoms with Crippen LogP contribution in [0.15, 0.2) is 53.6 Å². The maximum Gasteiger partial charge on any atom is 0.277 e. The monoisotopic (exact) mass is 383 g/mol. The summed E-state index contributed by atoms with van der Waals surface area (Å²) in [5.41, 5.74) is 4.93. The normalized spacial score (nSPS) is 10.9. The molecule has 1 aromatic heterocycles. The summed E-state index contributed by atoms with van der Waals surface area (Å²) >= 11 is 6.19. The number of carbonyl (C=O) groups excluding carboxylic acids is 1. The van der Waals surface area contributed by atoms with Crippen molar-refractivity contribution < 1.29 is 14.3 Å². The minimum atomic E-state index is -0.405. The van der Waals surface area contributed by atoms with Crippen LogP contribution in [0.25, 0.3) is 10.9 Å². The van der Waals surface area contributed by atoms with E-state index in [0.717, 1.165) is 16.5 Å². The quantitative estimate of drug-likeness (QED) is 0.400. The summed E-state index contributed by atoms with van der Waals surface area (Å²) in [4.78, 5) is 16.3. The van der Waals surface area contributed by atoms with E-state index in [-0.39, 0.29) is 6.61 Å². The maximum absolute atomic E-state index is 11.9. The number of para-hydroxylation sites is 2. The van der Waals surface area contributed by atoms with E-state index in [0.29, 0.717) is 22.2 Å². The molecular formula is C20H18ClN3O3. The molecule has 0 atom stereocenters. The molecule has 0 aliphatic rings. The Labute approximate surface area is 161 Å². The molecule has 1 amide bonds. The number of ether oxygens (including phenoxy) is 2. The molecule has 1 heterocycles. The first-order valence-corrected chi connectivity index (χ1v) is 8.59. The van der Waals surface area contributed by atoms with Crippen LogP contribution in [0.1, 0.15) is 11.1 Å². The Morgan fingerprint density at radius 2 is 2.00 bits per heavy atom. The molecule has 7 heteroatoms. The number of aromatic nitrogens is 1. The van der Waals surface area contributed by atoms with Crippen molar-refractivity contribution in [2.24, 2.45) is 5.10 Å². The lowest BCUT2D eigenvalue weighted by atomic mass is 10.1. The number of methoxy groups -OCH3 is 1. The fourth-order valence-corrected chi connectivity index (χ4v) is 2.64. The summed E-state index contributed by atoms with van der Waals surface area (Å²) in [5, 5.41) is 5.18. The van der Waals surface area contributed by atoms with Crippen LogP contribution in [0.3, 0.4) is 0 Å². The molecule has 138 valence electrons. The van der Waals surface area contributed by atoms with Crippen molar-refractivity contribution in [3.63, 3.8) is 0 Å². The summed E-state index contributed by atoms with van der Waals surface area (Å²) in [6.45, 7) is 1.80. The van der Waals surface area contributed by atoms with E-state index in [4.69, 9.17) is 21.1 Å². The van der Waals surface area contributed by atoms with Crippen LogP contribution in [0, 0.1) is 6.92 Å². The van der Waals surface area contributed by atoms with Crippen molar-refractivity contribution in [2.75, 3.05) is 13.7 Å². The van der Waals surface area contributed by atoms with Gasteiger partial charge in [-0.1, -0.05) is 35.9 Å². The molecule has 27 heavy (non-hydrogen) atoms. The zero-order chi connectivity index (χ0) is 19.2. The van der Waals surface area contributed by atoms with Gasteiger partial charge in [-0.3, -0.25) is 4.79 Å². The number of nitrogens with one attached hydrogen (secondary N) is 1. The van der Waals surface area contributed by atoms with Gasteiger partial charge >= 0.3 is 0 Å². The molecular weight excluding hydrogens is 366 g/mol. The Bertz CT molecular complexity index is 1000. The van der Waals surface area contributed by atoms with Gasteiger partial charge in [0, 0.05) is 10.9 Å². The number of benzene rings is 2. The lowest BCUT2D eigenvalue weighted by Gasteiger charge is -2.09. The number of hydrogen-bond acceptors (Lipinski definition) is 5. The third kappa shape index (κ3) is 4.74. The smallest absolute Gasteiger partial charge is 0.277 e. The fourth-order valence-electron chi connectivity index (χ4n) is 2.45. The van der Waals surface area contributed by atoms with Crippen molar-refractivity contribution in [1.82, 2.24) is 10.4 Å². The van der Waals surface area contributed by atoms with Crippen LogP contribution in [-0.2, 0) is 4.79 Å². The Kier molecular flexibility index (Phi) is 5.88. The molecule has 6 nitrogen and oxygen atoms in total. The largest absolute Gasteiger partial charge is 0.493 e. The van der Waals surface area contributed by atoms with Gasteiger partial charge in [-0.05, 0) is 36.8 Å². The van der Waals surface area contributed by atoms with Crippen LogP contribution >= 0.6 is 11.6 Å². The summed E-state index contributed by atoms with van der Waals surface area (Å²) in [5.74, 6) is 0.631. The number of nitrogens with zero attached hydrogens (tertiary/aromatic N) is 2. The Balaban J connectivity index is 1.61. The second-order valence-corrected chi connectivity index (χ2v) is 6.16. The van der Waals surface area contributed by atoms with Crippen LogP contribution < -0.4 is 14.9 Å². The predicted octanol–water partition coefficient (Wildman–Crippen LogP) is 3.73. The molecule has 0 unspecified atom stereocenters. The molecule has 0 aliphatic carbocycles. The van der Waals surface area contributed by atoms with Gasteiger partial charge in [-0.25, -0.2) is 10.4 Å². The number of aryl methyl sites for hydroxylation is 1. The predicted molar refractivity (Wildman–Crippen MR) is 106 cm³/mol. The van der Waals surface area contributed by atoms with Crippen LogP contribution in [-0.4, -0.2) is 30.8 Å². The zero-order valence-electron chi connectivity index (χ0n) is 14.9. The maximum atomic E-state index is 11.9. The topological polar surface area (TPSA) is 72.8 Å². The summed E-state index contributed by atoms with van der Waals surface area (Å²) < 4.78 is 10.6. The molecule has 1 N–H and O–H groups in total. The van der Waals surface area contributed by atoms with Gasteiger partial charge in [0.1, 0.15) is 5.15 Å². The van der Waals surface area contributed by atoms with E-state index in [1.54, 1.807) is 18.2 Å². The van der Waals surface area contributed by atoms with E-state index in [9.17, 15) is 4.79 Å². The second-order valence-electron chi connectivity index (χ2n) is 5.80. The first kappa shape index (κ1) is 18.7. The average molecular weight is 384 g/mol. The van der Waals surface area contributed by atoms with Gasteiger partial charge in [0.25, 0.3) is 5.91 Å². The molecule has 0 aliphatic heterocycles. The highest BCUT2D eigenvalue weighted by atomic mass is 35.5. The highest BCUT2D eigenvalue weighted by Crippen LogP contribution is 2.25. The number of amides is 1. The van der Waals surface area contributed by atoms with E-state index in [1.807, 2.05) is 37.3 Å². The van der Waals surface area contributed by atoms with Crippen molar-refractivity contribution in [1.29, 1.82) is 0 Å². The third-order valence-electron chi connectivity index (χ3n) is 3.77. The van der Waals surface area contributed by atoms with Crippen LogP contribution in [0.4, 0.5) is 0 Å². The van der Waals surface area contributed by atoms with Gasteiger partial charge in [-0.2, -0.15) is 5.10 Å². The van der Waals surface area contributed by atoms with Crippen LogP contribution in [0.2, 0.25) is 5.15 Å². The fraction of sp³-hybridized carbons (Fsp3) is 0.150. The van der Waals surface area contributed by atoms with E-state index in [2.05, 4.69) is 15.5 Å². The first-order valence-electron chi connectivity index (χ1n) is 8.21. The highest BCUT2D eigenvalue weighted by Gasteiger charge is 2.07. The number of halogens is 1. The summed E-state index contributed by atoms with van der Waals surface area (Å²) in [7, 11) is 1.54. The minimum absolute atomic E-state index is 0.194. The number of rotatable bonds is 6. The van der Waals surface area contributed by atoms with Gasteiger partial charge in [0.05, 0.1) is 18.8 Å². The average Bonchev–Trinajstić information content (AvgIpc) is 2.67. The standard InChI is InChI=1S/C20H18ClN3O3/c1-13-7-8-14-10-15(20(21)23-16(14)9-13)11-22-24-19(25)12-27-18-6-4-3-5-17(18)26-2/h3-11H,12H2,1-2H3,(H,24,25)/b22-11-. The van der Waals surface area contributed by atoms with E-state index < -0.39 is 5.91 Å². The molecule has 0 fully saturated rings. The van der Waals surface area contributed by atoms with Gasteiger partial charge in [0.2, 0.25) is 0 Å². The van der Waals surface area contributed by atoms with Crippen molar-refractivity contribution >= 4 is 34.6 Å². The molecule has 2 aromatic carbocycles. The van der Waals surface area contributed by atoms with Crippen molar-refractivity contribution in [3.05, 3.63) is 64.8 Å².